The van der Waals surface area contributed by atoms with Crippen molar-refractivity contribution >= 4 is 0 Å². The number of halogens is 1. The molecule has 0 saturated carbocycles. The van der Waals surface area contributed by atoms with Gasteiger partial charge in [-0.2, -0.15) is 0 Å². The highest BCUT2D eigenvalue weighted by Crippen LogP contribution is 2.29. The van der Waals surface area contributed by atoms with Crippen LogP contribution in [0.25, 0.3) is 0 Å². The van der Waals surface area contributed by atoms with Crippen molar-refractivity contribution in [2.24, 2.45) is 11.7 Å². The number of likely N-dealkylation sites (tertiary alicyclic amines) is 1. The van der Waals surface area contributed by atoms with Crippen molar-refractivity contribution in [1.82, 2.24) is 4.90 Å². The molecule has 2 unspecified atom stereocenters. The second-order valence-corrected chi connectivity index (χ2v) is 5.66. The molecule has 1 aliphatic heterocycles. The fourth-order valence-electron chi connectivity index (χ4n) is 3.01. The molecule has 0 amide bonds. The van der Waals surface area contributed by atoms with E-state index in [1.807, 2.05) is 0 Å². The number of benzene rings is 1. The Morgan fingerprint density at radius 1 is 1.43 bits per heavy atom. The average Bonchev–Trinajstić information content (AvgIpc) is 2.92. The summed E-state index contributed by atoms with van der Waals surface area (Å²) in [6, 6.07) is 4.48. The lowest BCUT2D eigenvalue weighted by Crippen LogP contribution is -2.26. The normalized spacial score (nSPS) is 20.7. The maximum Gasteiger partial charge on any atom is 0.131 e. The van der Waals surface area contributed by atoms with Crippen molar-refractivity contribution in [2.45, 2.75) is 18.9 Å². The van der Waals surface area contributed by atoms with Gasteiger partial charge < -0.3 is 20.1 Å². The first-order chi connectivity index (χ1) is 10.2. The SMILES string of the molecule is COCC1CCN(CCC(N)c2c(F)cccc2OC)C1. The molecule has 0 aromatic heterocycles. The van der Waals surface area contributed by atoms with Gasteiger partial charge in [0.15, 0.2) is 0 Å². The lowest BCUT2D eigenvalue weighted by atomic mass is 10.0. The Labute approximate surface area is 126 Å². The summed E-state index contributed by atoms with van der Waals surface area (Å²) in [5.41, 5.74) is 6.65. The van der Waals surface area contributed by atoms with Crippen LogP contribution in [0.15, 0.2) is 18.2 Å². The molecule has 1 fully saturated rings. The van der Waals surface area contributed by atoms with E-state index in [2.05, 4.69) is 4.90 Å². The van der Waals surface area contributed by atoms with Crippen LogP contribution >= 0.6 is 0 Å². The van der Waals surface area contributed by atoms with Crippen LogP contribution in [0.1, 0.15) is 24.4 Å². The van der Waals surface area contributed by atoms with E-state index >= 15 is 0 Å². The van der Waals surface area contributed by atoms with Crippen molar-refractivity contribution < 1.29 is 13.9 Å². The third-order valence-electron chi connectivity index (χ3n) is 4.13. The number of methoxy groups -OCH3 is 2. The second-order valence-electron chi connectivity index (χ2n) is 5.66. The molecule has 0 bridgehead atoms. The van der Waals surface area contributed by atoms with Gasteiger partial charge in [-0.3, -0.25) is 0 Å². The number of hydrogen-bond donors (Lipinski definition) is 1. The molecule has 0 radical (unpaired) electrons. The molecule has 2 rings (SSSR count). The standard InChI is InChI=1S/C16H25FN2O2/c1-20-11-12-6-8-19(10-12)9-7-14(18)16-13(17)4-3-5-15(16)21-2/h3-5,12,14H,6-11,18H2,1-2H3. The average molecular weight is 296 g/mol. The van der Waals surface area contributed by atoms with Crippen LogP contribution in [0.2, 0.25) is 0 Å². The molecular weight excluding hydrogens is 271 g/mol. The summed E-state index contributed by atoms with van der Waals surface area (Å²) in [6.07, 6.45) is 1.88. The summed E-state index contributed by atoms with van der Waals surface area (Å²) in [5, 5.41) is 0. The number of ether oxygens (including phenoxy) is 2. The molecule has 21 heavy (non-hydrogen) atoms. The van der Waals surface area contributed by atoms with E-state index in [0.29, 0.717) is 17.2 Å². The Morgan fingerprint density at radius 2 is 2.24 bits per heavy atom. The molecule has 0 aliphatic carbocycles. The zero-order valence-electron chi connectivity index (χ0n) is 12.8. The van der Waals surface area contributed by atoms with Crippen LogP contribution in [-0.4, -0.2) is 45.4 Å². The number of nitrogens with two attached hydrogens (primary N) is 1. The quantitative estimate of drug-likeness (QED) is 0.838. The lowest BCUT2D eigenvalue weighted by molar-refractivity contribution is 0.153. The molecule has 1 saturated heterocycles. The van der Waals surface area contributed by atoms with Crippen LogP contribution in [0.4, 0.5) is 4.39 Å². The third-order valence-corrected chi connectivity index (χ3v) is 4.13. The van der Waals surface area contributed by atoms with E-state index in [9.17, 15) is 4.39 Å². The monoisotopic (exact) mass is 296 g/mol. The van der Waals surface area contributed by atoms with E-state index in [1.165, 1.54) is 6.07 Å². The smallest absolute Gasteiger partial charge is 0.131 e. The molecule has 118 valence electrons. The highest BCUT2D eigenvalue weighted by atomic mass is 19.1. The summed E-state index contributed by atoms with van der Waals surface area (Å²) in [7, 11) is 3.28. The van der Waals surface area contributed by atoms with Gasteiger partial charge in [-0.15, -0.1) is 0 Å². The van der Waals surface area contributed by atoms with E-state index in [1.54, 1.807) is 26.4 Å². The van der Waals surface area contributed by atoms with Crippen molar-refractivity contribution in [1.29, 1.82) is 0 Å². The molecule has 5 heteroatoms. The van der Waals surface area contributed by atoms with Gasteiger partial charge in [-0.05, 0) is 44.0 Å². The van der Waals surface area contributed by atoms with Crippen molar-refractivity contribution in [3.63, 3.8) is 0 Å². The zero-order chi connectivity index (χ0) is 15.2. The Bertz CT molecular complexity index is 456. The molecule has 2 N–H and O–H groups in total. The zero-order valence-corrected chi connectivity index (χ0v) is 12.8. The van der Waals surface area contributed by atoms with E-state index in [-0.39, 0.29) is 11.9 Å². The molecule has 2 atom stereocenters. The molecular formula is C16H25FN2O2. The molecule has 1 aromatic carbocycles. The molecule has 4 nitrogen and oxygen atoms in total. The maximum absolute atomic E-state index is 14.0. The molecule has 1 aliphatic rings. The van der Waals surface area contributed by atoms with Gasteiger partial charge in [-0.1, -0.05) is 6.07 Å². The molecule has 1 heterocycles. The van der Waals surface area contributed by atoms with Crippen molar-refractivity contribution in [2.75, 3.05) is 40.5 Å². The fourth-order valence-corrected chi connectivity index (χ4v) is 3.01. The van der Waals surface area contributed by atoms with Crippen molar-refractivity contribution in [3.8, 4) is 5.75 Å². The minimum atomic E-state index is -0.345. The Balaban J connectivity index is 1.89. The van der Waals surface area contributed by atoms with Gasteiger partial charge in [0.05, 0.1) is 13.7 Å². The number of nitrogens with zero attached hydrogens (tertiary/aromatic N) is 1. The van der Waals surface area contributed by atoms with Gasteiger partial charge in [0.2, 0.25) is 0 Å². The minimum Gasteiger partial charge on any atom is -0.496 e. The first-order valence-corrected chi connectivity index (χ1v) is 7.45. The third kappa shape index (κ3) is 4.15. The van der Waals surface area contributed by atoms with Crippen LogP contribution in [0, 0.1) is 11.7 Å². The fraction of sp³-hybridized carbons (Fsp3) is 0.625. The van der Waals surface area contributed by atoms with E-state index < -0.39 is 0 Å². The maximum atomic E-state index is 14.0. The molecule has 0 spiro atoms. The first-order valence-electron chi connectivity index (χ1n) is 7.45. The summed E-state index contributed by atoms with van der Waals surface area (Å²) in [5.74, 6) is 0.843. The highest BCUT2D eigenvalue weighted by molar-refractivity contribution is 5.37. The predicted octanol–water partition coefficient (Wildman–Crippen LogP) is 2.19. The topological polar surface area (TPSA) is 47.7 Å². The number of hydrogen-bond acceptors (Lipinski definition) is 4. The van der Waals surface area contributed by atoms with Crippen LogP contribution < -0.4 is 10.5 Å². The van der Waals surface area contributed by atoms with Gasteiger partial charge in [0.1, 0.15) is 11.6 Å². The lowest BCUT2D eigenvalue weighted by Gasteiger charge is -2.20. The first kappa shape index (κ1) is 16.2. The summed E-state index contributed by atoms with van der Waals surface area (Å²) < 4.78 is 24.4. The van der Waals surface area contributed by atoms with E-state index in [4.69, 9.17) is 15.2 Å². The highest BCUT2D eigenvalue weighted by Gasteiger charge is 2.23. The largest absolute Gasteiger partial charge is 0.496 e. The van der Waals surface area contributed by atoms with Crippen LogP contribution in [0.3, 0.4) is 0 Å². The summed E-state index contributed by atoms with van der Waals surface area (Å²) in [6.45, 7) is 3.78. The Morgan fingerprint density at radius 3 is 2.95 bits per heavy atom. The minimum absolute atomic E-state index is 0.291. The predicted molar refractivity (Wildman–Crippen MR) is 80.9 cm³/mol. The van der Waals surface area contributed by atoms with Gasteiger partial charge in [0, 0.05) is 25.3 Å². The Kier molecular flexibility index (Phi) is 5.96. The van der Waals surface area contributed by atoms with Gasteiger partial charge in [0.25, 0.3) is 0 Å². The van der Waals surface area contributed by atoms with Crippen molar-refractivity contribution in [3.05, 3.63) is 29.6 Å². The Hall–Kier alpha value is -1.17. The second kappa shape index (κ2) is 7.73. The van der Waals surface area contributed by atoms with Crippen LogP contribution in [0.5, 0.6) is 5.75 Å². The van der Waals surface area contributed by atoms with Crippen LogP contribution in [-0.2, 0) is 4.74 Å². The summed E-state index contributed by atoms with van der Waals surface area (Å²) in [4.78, 5) is 2.37. The van der Waals surface area contributed by atoms with E-state index in [0.717, 1.165) is 39.1 Å². The van der Waals surface area contributed by atoms with Gasteiger partial charge >= 0.3 is 0 Å². The number of rotatable bonds is 7. The molecule has 1 aromatic rings. The van der Waals surface area contributed by atoms with Gasteiger partial charge in [-0.25, -0.2) is 4.39 Å². The summed E-state index contributed by atoms with van der Waals surface area (Å²) >= 11 is 0.